The second-order valence-corrected chi connectivity index (χ2v) is 5.18. The van der Waals surface area contributed by atoms with Crippen molar-refractivity contribution in [2.45, 2.75) is 27.2 Å². The van der Waals surface area contributed by atoms with Gasteiger partial charge >= 0.3 is 0 Å². The zero-order valence-electron chi connectivity index (χ0n) is 10.2. The zero-order chi connectivity index (χ0) is 11.8. The molecule has 86 valence electrons. The molecule has 1 aromatic carbocycles. The third kappa shape index (κ3) is 2.35. The van der Waals surface area contributed by atoms with Crippen LogP contribution in [0.15, 0.2) is 22.6 Å². The Kier molecular flexibility index (Phi) is 2.62. The molecule has 0 aliphatic rings. The summed E-state index contributed by atoms with van der Waals surface area (Å²) in [6.07, 6.45) is 0.837. The van der Waals surface area contributed by atoms with Gasteiger partial charge in [-0.2, -0.15) is 0 Å². The second-order valence-electron chi connectivity index (χ2n) is 5.18. The normalized spacial score (nSPS) is 12.0. The minimum absolute atomic E-state index is 0.185. The van der Waals surface area contributed by atoms with E-state index in [2.05, 4.69) is 25.8 Å². The maximum atomic E-state index is 5.68. The molecule has 3 heteroatoms. The van der Waals surface area contributed by atoms with Crippen molar-refractivity contribution in [2.24, 2.45) is 5.41 Å². The molecule has 0 bridgehead atoms. The van der Waals surface area contributed by atoms with Gasteiger partial charge in [-0.3, -0.25) is 0 Å². The Balaban J connectivity index is 2.36. The molecule has 1 aromatic heterocycles. The standard InChI is InChI=1S/C13H17NO2/c1-13(2,3)8-12-14-10-7-9(15-4)5-6-11(10)16-12/h5-7H,8H2,1-4H3. The van der Waals surface area contributed by atoms with E-state index in [9.17, 15) is 0 Å². The number of hydrogen-bond donors (Lipinski definition) is 0. The first-order valence-corrected chi connectivity index (χ1v) is 5.41. The Labute approximate surface area is 95.4 Å². The van der Waals surface area contributed by atoms with Crippen LogP contribution in [0.5, 0.6) is 5.75 Å². The average molecular weight is 219 g/mol. The van der Waals surface area contributed by atoms with Crippen molar-refractivity contribution < 1.29 is 9.15 Å². The Morgan fingerprint density at radius 2 is 2.06 bits per heavy atom. The number of oxazole rings is 1. The monoisotopic (exact) mass is 219 g/mol. The van der Waals surface area contributed by atoms with Gasteiger partial charge in [-0.25, -0.2) is 4.98 Å². The van der Waals surface area contributed by atoms with E-state index in [1.807, 2.05) is 18.2 Å². The number of aromatic nitrogens is 1. The van der Waals surface area contributed by atoms with Crippen LogP contribution in [0.3, 0.4) is 0 Å². The zero-order valence-corrected chi connectivity index (χ0v) is 10.2. The molecule has 1 heterocycles. The number of methoxy groups -OCH3 is 1. The van der Waals surface area contributed by atoms with Crippen LogP contribution in [0.4, 0.5) is 0 Å². The number of rotatable bonds is 2. The van der Waals surface area contributed by atoms with Crippen molar-refractivity contribution in [1.29, 1.82) is 0 Å². The summed E-state index contributed by atoms with van der Waals surface area (Å²) in [4.78, 5) is 4.46. The predicted molar refractivity (Wildman–Crippen MR) is 63.7 cm³/mol. The van der Waals surface area contributed by atoms with E-state index in [1.54, 1.807) is 7.11 Å². The fourth-order valence-electron chi connectivity index (χ4n) is 1.61. The van der Waals surface area contributed by atoms with E-state index in [1.165, 1.54) is 0 Å². The maximum absolute atomic E-state index is 5.68. The highest BCUT2D eigenvalue weighted by Crippen LogP contribution is 2.25. The summed E-state index contributed by atoms with van der Waals surface area (Å²) in [7, 11) is 1.65. The molecule has 3 nitrogen and oxygen atoms in total. The van der Waals surface area contributed by atoms with Crippen LogP contribution in [0.1, 0.15) is 26.7 Å². The van der Waals surface area contributed by atoms with Gasteiger partial charge in [-0.05, 0) is 17.5 Å². The topological polar surface area (TPSA) is 35.3 Å². The molecule has 0 spiro atoms. The van der Waals surface area contributed by atoms with Gasteiger partial charge < -0.3 is 9.15 Å². The SMILES string of the molecule is COc1ccc2oc(CC(C)(C)C)nc2c1. The molecule has 0 saturated carbocycles. The molecule has 0 fully saturated rings. The Bertz CT molecular complexity index is 494. The predicted octanol–water partition coefficient (Wildman–Crippen LogP) is 3.43. The molecule has 2 rings (SSSR count). The van der Waals surface area contributed by atoms with Gasteiger partial charge in [-0.1, -0.05) is 20.8 Å². The van der Waals surface area contributed by atoms with Crippen LogP contribution in [0.2, 0.25) is 0 Å². The van der Waals surface area contributed by atoms with E-state index in [0.717, 1.165) is 29.2 Å². The highest BCUT2D eigenvalue weighted by Gasteiger charge is 2.16. The van der Waals surface area contributed by atoms with Crippen LogP contribution in [-0.4, -0.2) is 12.1 Å². The molecule has 0 N–H and O–H groups in total. The fraction of sp³-hybridized carbons (Fsp3) is 0.462. The molecule has 2 aromatic rings. The number of benzene rings is 1. The Hall–Kier alpha value is -1.51. The van der Waals surface area contributed by atoms with Crippen LogP contribution >= 0.6 is 0 Å². The third-order valence-electron chi connectivity index (χ3n) is 2.32. The van der Waals surface area contributed by atoms with Crippen LogP contribution in [0, 0.1) is 5.41 Å². The van der Waals surface area contributed by atoms with Crippen LogP contribution in [0.25, 0.3) is 11.1 Å². The van der Waals surface area contributed by atoms with E-state index < -0.39 is 0 Å². The van der Waals surface area contributed by atoms with Crippen molar-refractivity contribution in [2.75, 3.05) is 7.11 Å². The molecule has 16 heavy (non-hydrogen) atoms. The third-order valence-corrected chi connectivity index (χ3v) is 2.32. The van der Waals surface area contributed by atoms with Crippen LogP contribution in [-0.2, 0) is 6.42 Å². The second kappa shape index (κ2) is 3.81. The van der Waals surface area contributed by atoms with Gasteiger partial charge in [0.15, 0.2) is 11.5 Å². The highest BCUT2D eigenvalue weighted by atomic mass is 16.5. The Morgan fingerprint density at radius 1 is 1.31 bits per heavy atom. The molecule has 0 aliphatic heterocycles. The van der Waals surface area contributed by atoms with Gasteiger partial charge in [0.2, 0.25) is 0 Å². The van der Waals surface area contributed by atoms with Gasteiger partial charge in [0.1, 0.15) is 11.3 Å². The van der Waals surface area contributed by atoms with Crippen molar-refractivity contribution in [3.05, 3.63) is 24.1 Å². The quantitative estimate of drug-likeness (QED) is 0.776. The van der Waals surface area contributed by atoms with Crippen LogP contribution < -0.4 is 4.74 Å². The first kappa shape index (κ1) is 11.0. The molecule has 0 saturated heterocycles. The lowest BCUT2D eigenvalue weighted by atomic mass is 9.92. The highest BCUT2D eigenvalue weighted by molar-refractivity contribution is 5.74. The molecule has 0 unspecified atom stereocenters. The summed E-state index contributed by atoms with van der Waals surface area (Å²) in [6, 6.07) is 5.67. The summed E-state index contributed by atoms with van der Waals surface area (Å²) in [6.45, 7) is 6.51. The first-order valence-electron chi connectivity index (χ1n) is 5.41. The molecular formula is C13H17NO2. The van der Waals surface area contributed by atoms with Gasteiger partial charge in [-0.15, -0.1) is 0 Å². The van der Waals surface area contributed by atoms with Crippen molar-refractivity contribution >= 4 is 11.1 Å². The van der Waals surface area contributed by atoms with Crippen molar-refractivity contribution in [3.8, 4) is 5.75 Å². The summed E-state index contributed by atoms with van der Waals surface area (Å²) in [5.41, 5.74) is 1.86. The van der Waals surface area contributed by atoms with E-state index in [-0.39, 0.29) is 5.41 Å². The molecule has 0 radical (unpaired) electrons. The molecule has 0 atom stereocenters. The molecule has 0 aliphatic carbocycles. The van der Waals surface area contributed by atoms with E-state index in [4.69, 9.17) is 9.15 Å². The number of ether oxygens (including phenoxy) is 1. The Morgan fingerprint density at radius 3 is 2.69 bits per heavy atom. The maximum Gasteiger partial charge on any atom is 0.195 e. The lowest BCUT2D eigenvalue weighted by Gasteiger charge is -2.14. The van der Waals surface area contributed by atoms with Crippen molar-refractivity contribution in [3.63, 3.8) is 0 Å². The summed E-state index contributed by atoms with van der Waals surface area (Å²) >= 11 is 0. The summed E-state index contributed by atoms with van der Waals surface area (Å²) < 4.78 is 10.8. The van der Waals surface area contributed by atoms with Gasteiger partial charge in [0.25, 0.3) is 0 Å². The number of fused-ring (bicyclic) bond motifs is 1. The van der Waals surface area contributed by atoms with E-state index in [0.29, 0.717) is 0 Å². The van der Waals surface area contributed by atoms with Crippen molar-refractivity contribution in [1.82, 2.24) is 4.98 Å². The largest absolute Gasteiger partial charge is 0.497 e. The average Bonchev–Trinajstić information content (AvgIpc) is 2.55. The van der Waals surface area contributed by atoms with Gasteiger partial charge in [0.05, 0.1) is 7.11 Å². The van der Waals surface area contributed by atoms with E-state index >= 15 is 0 Å². The van der Waals surface area contributed by atoms with Gasteiger partial charge in [0, 0.05) is 12.5 Å². The fourth-order valence-corrected chi connectivity index (χ4v) is 1.61. The lowest BCUT2D eigenvalue weighted by molar-refractivity contribution is 0.361. The summed E-state index contributed by atoms with van der Waals surface area (Å²) in [5.74, 6) is 1.60. The number of nitrogens with zero attached hydrogens (tertiary/aromatic N) is 1. The molecule has 0 amide bonds. The molecular weight excluding hydrogens is 202 g/mol. The minimum Gasteiger partial charge on any atom is -0.497 e. The minimum atomic E-state index is 0.185. The summed E-state index contributed by atoms with van der Waals surface area (Å²) in [5, 5.41) is 0. The lowest BCUT2D eigenvalue weighted by Crippen LogP contribution is -2.09. The number of hydrogen-bond acceptors (Lipinski definition) is 3. The smallest absolute Gasteiger partial charge is 0.195 e. The first-order chi connectivity index (χ1) is 7.48.